The third kappa shape index (κ3) is 35.7. The Balaban J connectivity index is 4.69. The summed E-state index contributed by atoms with van der Waals surface area (Å²) in [6, 6.07) is 0. The van der Waals surface area contributed by atoms with Gasteiger partial charge in [0.2, 0.25) is 34.0 Å². The van der Waals surface area contributed by atoms with Crippen LogP contribution in [-0.4, -0.2) is 150 Å². The quantitative estimate of drug-likeness (QED) is 0.0181. The minimum Gasteiger partial charge on any atom is -0.462 e. The van der Waals surface area contributed by atoms with Crippen molar-refractivity contribution in [2.24, 2.45) is 0 Å². The molecule has 1 saturated carbocycles. The van der Waals surface area contributed by atoms with Crippen LogP contribution < -0.4 is 0 Å². The summed E-state index contributed by atoms with van der Waals surface area (Å²) >= 11 is 0. The van der Waals surface area contributed by atoms with Crippen molar-refractivity contribution < 1.29 is 150 Å². The van der Waals surface area contributed by atoms with Crippen molar-refractivity contribution in [2.45, 2.75) is 228 Å². The number of ether oxygens (including phenoxy) is 10. The second kappa shape index (κ2) is 44.5. The van der Waals surface area contributed by atoms with Crippen molar-refractivity contribution >= 4 is 83.2 Å². The summed E-state index contributed by atoms with van der Waals surface area (Å²) in [6.45, 7) is 4.89. The first-order valence-corrected chi connectivity index (χ1v) is 32.9. The van der Waals surface area contributed by atoms with Gasteiger partial charge in [0.15, 0.2) is 24.4 Å². The van der Waals surface area contributed by atoms with Crippen LogP contribution in [0.15, 0.2) is 0 Å². The Hall–Kier alpha value is -4.97. The van der Waals surface area contributed by atoms with Crippen molar-refractivity contribution in [1.82, 2.24) is 0 Å². The van der Waals surface area contributed by atoms with Gasteiger partial charge in [-0.3, -0.25) is 66.0 Å². The fourth-order valence-corrected chi connectivity index (χ4v) is 10.7. The van der Waals surface area contributed by atoms with Gasteiger partial charge in [0.1, 0.15) is 24.9 Å². The van der Waals surface area contributed by atoms with Gasteiger partial charge in [-0.15, -0.1) is 0 Å². The average molecular weight is 1320 g/mol. The van der Waals surface area contributed by atoms with Gasteiger partial charge in [-0.2, -0.15) is 0 Å². The Bertz CT molecular complexity index is 2160. The summed E-state index contributed by atoms with van der Waals surface area (Å²) < 4.78 is 149. The van der Waals surface area contributed by atoms with Crippen LogP contribution >= 0.6 is 23.5 Å². The number of hydrogen-bond donors (Lipinski definition) is 0. The standard InChI is InChI=1S/C52H87O32P3/c1-11-16-18-20-22-27-42(58)66-29-41(78-46(62)28-23-21-19-17-12-2)30-72-85(63,73-31-67-36(6)53)82-50-47(79-43(59)24-13-3)51(83-86(64,74-32-68-37(7)54)75-33-69-38(8)55)49(81-45(61)26-15-5)52(48(50)80-44(60)25-14-4)84-87(65,76-34-70-39(9)56)77-35-71-40(10)57/h41,47-52H,11-35H2,1-10H3/t41-,47+,48+,49?,50?,51-,52+,85?/m1/s1. The van der Waals surface area contributed by atoms with E-state index in [1.54, 1.807) is 0 Å². The van der Waals surface area contributed by atoms with Gasteiger partial charge < -0.3 is 47.4 Å². The minimum absolute atomic E-state index is 0.0194. The van der Waals surface area contributed by atoms with Gasteiger partial charge in [-0.05, 0) is 32.1 Å². The molecule has 0 heterocycles. The first kappa shape index (κ1) is 80.0. The molecule has 1 aliphatic carbocycles. The van der Waals surface area contributed by atoms with Gasteiger partial charge in [0, 0.05) is 66.7 Å². The average Bonchev–Trinajstić information content (AvgIpc) is 0.853. The molecule has 87 heavy (non-hydrogen) atoms. The summed E-state index contributed by atoms with van der Waals surface area (Å²) in [7, 11) is -17.1. The molecule has 0 aromatic heterocycles. The highest BCUT2D eigenvalue weighted by atomic mass is 31.2. The van der Waals surface area contributed by atoms with Crippen molar-refractivity contribution in [2.75, 3.05) is 47.2 Å². The molecule has 32 nitrogen and oxygen atoms in total. The molecular weight excluding hydrogens is 1230 g/mol. The van der Waals surface area contributed by atoms with Crippen molar-refractivity contribution in [3.8, 4) is 0 Å². The Morgan fingerprint density at radius 2 is 0.598 bits per heavy atom. The van der Waals surface area contributed by atoms with Gasteiger partial charge in [-0.1, -0.05) is 86.0 Å². The van der Waals surface area contributed by atoms with E-state index in [1.807, 2.05) is 13.8 Å². The molecule has 0 spiro atoms. The predicted molar refractivity (Wildman–Crippen MR) is 294 cm³/mol. The Morgan fingerprint density at radius 1 is 0.310 bits per heavy atom. The zero-order valence-electron chi connectivity index (χ0n) is 51.1. The second-order valence-electron chi connectivity index (χ2n) is 19.0. The van der Waals surface area contributed by atoms with Gasteiger partial charge in [0.05, 0.1) is 6.61 Å². The van der Waals surface area contributed by atoms with Crippen LogP contribution in [-0.2, 0) is 150 Å². The minimum atomic E-state index is -5.77. The highest BCUT2D eigenvalue weighted by Crippen LogP contribution is 2.59. The number of phosphoric ester groups is 3. The van der Waals surface area contributed by atoms with Crippen LogP contribution in [0.2, 0.25) is 0 Å². The van der Waals surface area contributed by atoms with E-state index in [2.05, 4.69) is 0 Å². The number of hydrogen-bond acceptors (Lipinski definition) is 32. The molecule has 0 amide bonds. The number of unbranched alkanes of at least 4 members (excludes halogenated alkanes) is 8. The topological polar surface area (TPSA) is 397 Å². The highest BCUT2D eigenvalue weighted by molar-refractivity contribution is 7.49. The van der Waals surface area contributed by atoms with E-state index in [1.165, 1.54) is 20.8 Å². The van der Waals surface area contributed by atoms with Crippen molar-refractivity contribution in [3.63, 3.8) is 0 Å². The maximum absolute atomic E-state index is 15.6. The fourth-order valence-electron chi connectivity index (χ4n) is 7.28. The zero-order chi connectivity index (χ0) is 65.4. The second-order valence-corrected chi connectivity index (χ2v) is 23.9. The largest absolute Gasteiger partial charge is 0.481 e. The molecule has 8 atom stereocenters. The number of phosphoric acid groups is 3. The smallest absolute Gasteiger partial charge is 0.462 e. The molecule has 0 bridgehead atoms. The number of esters is 10. The van der Waals surface area contributed by atoms with Gasteiger partial charge >= 0.3 is 83.2 Å². The van der Waals surface area contributed by atoms with Crippen LogP contribution in [0.25, 0.3) is 0 Å². The molecule has 0 N–H and O–H groups in total. The molecular formula is C52H87O32P3. The summed E-state index contributed by atoms with van der Waals surface area (Å²) in [5.74, 6) is -10.4. The van der Waals surface area contributed by atoms with E-state index >= 15 is 4.57 Å². The lowest BCUT2D eigenvalue weighted by molar-refractivity contribution is -0.243. The molecule has 0 saturated heterocycles. The molecule has 3 unspecified atom stereocenters. The Labute approximate surface area is 506 Å². The first-order chi connectivity index (χ1) is 41.2. The fraction of sp³-hybridized carbons (Fsp3) is 0.808. The molecule has 0 radical (unpaired) electrons. The van der Waals surface area contributed by atoms with E-state index in [9.17, 15) is 57.1 Å². The molecule has 1 rings (SSSR count). The normalized spacial score (nSPS) is 18.6. The molecule has 35 heteroatoms. The maximum atomic E-state index is 15.6. The molecule has 1 aliphatic rings. The molecule has 502 valence electrons. The predicted octanol–water partition coefficient (Wildman–Crippen LogP) is 8.49. The lowest BCUT2D eigenvalue weighted by Gasteiger charge is -2.48. The summed E-state index contributed by atoms with van der Waals surface area (Å²) in [6.07, 6.45) is -11.2. The lowest BCUT2D eigenvalue weighted by atomic mass is 9.84. The summed E-state index contributed by atoms with van der Waals surface area (Å²) in [5.41, 5.74) is 0. The van der Waals surface area contributed by atoms with Crippen molar-refractivity contribution in [1.29, 1.82) is 0 Å². The molecule has 1 fully saturated rings. The van der Waals surface area contributed by atoms with Gasteiger partial charge in [-0.25, -0.2) is 36.3 Å². The van der Waals surface area contributed by atoms with Crippen LogP contribution in [0.3, 0.4) is 0 Å². The lowest BCUT2D eigenvalue weighted by Crippen LogP contribution is -2.68. The first-order valence-electron chi connectivity index (χ1n) is 28.5. The van der Waals surface area contributed by atoms with E-state index in [0.717, 1.165) is 73.1 Å². The Morgan fingerprint density at radius 3 is 0.885 bits per heavy atom. The molecule has 0 aromatic carbocycles. The van der Waals surface area contributed by atoms with Crippen LogP contribution in [0, 0.1) is 0 Å². The maximum Gasteiger partial charge on any atom is 0.481 e. The van der Waals surface area contributed by atoms with E-state index in [4.69, 9.17) is 88.1 Å². The number of rotatable bonds is 48. The SMILES string of the molecule is CCCCCCCC(=O)OC[C@H](COP(=O)(OCOC(C)=O)OC1[C@H](OC(=O)CCC)[C@H](OP(=O)(OCOC(C)=O)OCOC(C)=O)C(OC(=O)CCC)[C@H](OP(=O)(OCOC(C)=O)OCOC(C)=O)[C@H]1OC(=O)CCC)OC(=O)CCCCCCC. The number of carbonyl (C=O) groups is 10. The third-order valence-corrected chi connectivity index (χ3v) is 15.4. The monoisotopic (exact) mass is 1320 g/mol. The molecule has 0 aromatic rings. The van der Waals surface area contributed by atoms with E-state index in [0.29, 0.717) is 25.7 Å². The summed E-state index contributed by atoms with van der Waals surface area (Å²) in [4.78, 5) is 128. The molecule has 0 aliphatic heterocycles. The van der Waals surface area contributed by atoms with E-state index < -0.39 is 192 Å². The Kier molecular flexibility index (Phi) is 40.9. The third-order valence-electron chi connectivity index (χ3n) is 11.3. The van der Waals surface area contributed by atoms with Gasteiger partial charge in [0.25, 0.3) is 0 Å². The number of carbonyl (C=O) groups excluding carboxylic acids is 10. The van der Waals surface area contributed by atoms with Crippen molar-refractivity contribution in [3.05, 3.63) is 0 Å². The van der Waals surface area contributed by atoms with Crippen LogP contribution in [0.4, 0.5) is 0 Å². The van der Waals surface area contributed by atoms with Crippen LogP contribution in [0.5, 0.6) is 0 Å². The van der Waals surface area contributed by atoms with E-state index in [-0.39, 0.29) is 32.1 Å². The van der Waals surface area contributed by atoms with Crippen LogP contribution in [0.1, 0.15) is 185 Å². The highest BCUT2D eigenvalue weighted by Gasteiger charge is 2.63. The summed E-state index contributed by atoms with van der Waals surface area (Å²) in [5, 5.41) is 0. The zero-order valence-corrected chi connectivity index (χ0v) is 53.8.